The van der Waals surface area contributed by atoms with Gasteiger partial charge in [0.15, 0.2) is 0 Å². The maximum absolute atomic E-state index is 12.5. The van der Waals surface area contributed by atoms with E-state index in [0.29, 0.717) is 6.54 Å². The summed E-state index contributed by atoms with van der Waals surface area (Å²) >= 11 is 1.55. The standard InChI is InChI=1S/C16H18N2O4S2/c1-22-14-7-4-11(16(19)17-10-13-3-2-8-23-13)9-15(14)24(20,21)18-12-5-6-12/h2-4,7-9,12,18H,5-6,10H2,1H3,(H,17,19). The average Bonchev–Trinajstić information content (AvgIpc) is 3.22. The Kier molecular flexibility index (Phi) is 4.88. The van der Waals surface area contributed by atoms with E-state index in [9.17, 15) is 13.2 Å². The van der Waals surface area contributed by atoms with Crippen LogP contribution in [-0.4, -0.2) is 27.5 Å². The van der Waals surface area contributed by atoms with Gasteiger partial charge in [0.05, 0.1) is 13.7 Å². The van der Waals surface area contributed by atoms with Crippen molar-refractivity contribution >= 4 is 27.3 Å². The molecule has 8 heteroatoms. The van der Waals surface area contributed by atoms with Gasteiger partial charge in [0.25, 0.3) is 5.91 Å². The maximum atomic E-state index is 12.5. The highest BCUT2D eigenvalue weighted by molar-refractivity contribution is 7.89. The summed E-state index contributed by atoms with van der Waals surface area (Å²) < 4.78 is 32.7. The second-order valence-corrected chi connectivity index (χ2v) is 8.24. The molecular formula is C16H18N2O4S2. The van der Waals surface area contributed by atoms with Crippen LogP contribution in [0, 0.1) is 0 Å². The molecule has 1 heterocycles. The van der Waals surface area contributed by atoms with Crippen LogP contribution in [0.15, 0.2) is 40.6 Å². The van der Waals surface area contributed by atoms with E-state index in [1.165, 1.54) is 19.2 Å². The summed E-state index contributed by atoms with van der Waals surface area (Å²) in [5, 5.41) is 4.72. The molecule has 0 bridgehead atoms. The third kappa shape index (κ3) is 3.95. The molecule has 1 aromatic heterocycles. The summed E-state index contributed by atoms with van der Waals surface area (Å²) in [6.07, 6.45) is 1.67. The average molecular weight is 366 g/mol. The van der Waals surface area contributed by atoms with Crippen LogP contribution in [-0.2, 0) is 16.6 Å². The van der Waals surface area contributed by atoms with Crippen LogP contribution < -0.4 is 14.8 Å². The van der Waals surface area contributed by atoms with E-state index in [1.807, 2.05) is 17.5 Å². The summed E-state index contributed by atoms with van der Waals surface area (Å²) in [4.78, 5) is 13.3. The fourth-order valence-corrected chi connectivity index (χ4v) is 4.34. The Hall–Kier alpha value is -1.90. The van der Waals surface area contributed by atoms with Gasteiger partial charge in [-0.3, -0.25) is 4.79 Å². The van der Waals surface area contributed by atoms with Gasteiger partial charge in [0, 0.05) is 16.5 Å². The van der Waals surface area contributed by atoms with Gasteiger partial charge in [-0.2, -0.15) is 0 Å². The number of rotatable bonds is 7. The van der Waals surface area contributed by atoms with Crippen LogP contribution in [0.2, 0.25) is 0 Å². The van der Waals surface area contributed by atoms with Crippen molar-refractivity contribution in [2.75, 3.05) is 7.11 Å². The number of hydrogen-bond acceptors (Lipinski definition) is 5. The van der Waals surface area contributed by atoms with Crippen LogP contribution in [0.1, 0.15) is 28.1 Å². The Labute approximate surface area is 144 Å². The van der Waals surface area contributed by atoms with Crippen LogP contribution in [0.4, 0.5) is 0 Å². The molecule has 1 aliphatic carbocycles. The number of sulfonamides is 1. The van der Waals surface area contributed by atoms with E-state index in [-0.39, 0.29) is 28.2 Å². The zero-order chi connectivity index (χ0) is 17.2. The van der Waals surface area contributed by atoms with E-state index >= 15 is 0 Å². The number of amides is 1. The molecule has 0 atom stereocenters. The Morgan fingerprint density at radius 1 is 1.33 bits per heavy atom. The SMILES string of the molecule is COc1ccc(C(=O)NCc2cccs2)cc1S(=O)(=O)NC1CC1. The first-order valence-electron chi connectivity index (χ1n) is 7.50. The second kappa shape index (κ2) is 6.92. The summed E-state index contributed by atoms with van der Waals surface area (Å²) in [5.41, 5.74) is 0.281. The zero-order valence-corrected chi connectivity index (χ0v) is 14.7. The van der Waals surface area contributed by atoms with Gasteiger partial charge >= 0.3 is 0 Å². The number of hydrogen-bond donors (Lipinski definition) is 2. The summed E-state index contributed by atoms with van der Waals surface area (Å²) in [5.74, 6) is -0.105. The van der Waals surface area contributed by atoms with Gasteiger partial charge in [-0.15, -0.1) is 11.3 Å². The lowest BCUT2D eigenvalue weighted by Crippen LogP contribution is -2.27. The van der Waals surface area contributed by atoms with Crippen LogP contribution >= 0.6 is 11.3 Å². The third-order valence-corrected chi connectivity index (χ3v) is 6.04. The Balaban J connectivity index is 1.81. The predicted octanol–water partition coefficient (Wildman–Crippen LogP) is 2.13. The highest BCUT2D eigenvalue weighted by atomic mass is 32.2. The summed E-state index contributed by atoms with van der Waals surface area (Å²) in [6.45, 7) is 0.408. The lowest BCUT2D eigenvalue weighted by Gasteiger charge is -2.12. The molecule has 24 heavy (non-hydrogen) atoms. The molecule has 6 nitrogen and oxygen atoms in total. The molecule has 1 fully saturated rings. The number of thiophene rings is 1. The molecule has 1 amide bonds. The number of nitrogens with one attached hydrogen (secondary N) is 2. The smallest absolute Gasteiger partial charge is 0.251 e. The van der Waals surface area contributed by atoms with E-state index in [0.717, 1.165) is 17.7 Å². The topological polar surface area (TPSA) is 84.5 Å². The molecule has 0 unspecified atom stereocenters. The molecule has 3 rings (SSSR count). The lowest BCUT2D eigenvalue weighted by molar-refractivity contribution is 0.0951. The quantitative estimate of drug-likeness (QED) is 0.786. The van der Waals surface area contributed by atoms with Crippen LogP contribution in [0.3, 0.4) is 0 Å². The molecule has 0 radical (unpaired) electrons. The third-order valence-electron chi connectivity index (χ3n) is 3.62. The molecule has 2 aromatic rings. The van der Waals surface area contributed by atoms with Crippen molar-refractivity contribution in [1.29, 1.82) is 0 Å². The molecule has 1 saturated carbocycles. The van der Waals surface area contributed by atoms with E-state index in [2.05, 4.69) is 10.0 Å². The summed E-state index contributed by atoms with van der Waals surface area (Å²) in [7, 11) is -2.30. The minimum absolute atomic E-state index is 0.0133. The maximum Gasteiger partial charge on any atom is 0.251 e. The fourth-order valence-electron chi connectivity index (χ4n) is 2.19. The largest absolute Gasteiger partial charge is 0.495 e. The molecular weight excluding hydrogens is 348 g/mol. The number of benzene rings is 1. The highest BCUT2D eigenvalue weighted by Gasteiger charge is 2.30. The number of carbonyl (C=O) groups excluding carboxylic acids is 1. The van der Waals surface area contributed by atoms with Crippen molar-refractivity contribution in [3.63, 3.8) is 0 Å². The van der Waals surface area contributed by atoms with Crippen molar-refractivity contribution in [3.8, 4) is 5.75 Å². The Morgan fingerprint density at radius 2 is 2.12 bits per heavy atom. The van der Waals surface area contributed by atoms with Gasteiger partial charge in [-0.05, 0) is 42.5 Å². The van der Waals surface area contributed by atoms with Crippen molar-refractivity contribution in [2.24, 2.45) is 0 Å². The molecule has 1 aromatic carbocycles. The van der Waals surface area contributed by atoms with Gasteiger partial charge in [-0.1, -0.05) is 6.07 Å². The molecule has 2 N–H and O–H groups in total. The minimum atomic E-state index is -3.71. The minimum Gasteiger partial charge on any atom is -0.495 e. The molecule has 0 spiro atoms. The monoisotopic (exact) mass is 366 g/mol. The normalized spacial score (nSPS) is 14.4. The molecule has 0 saturated heterocycles. The summed E-state index contributed by atoms with van der Waals surface area (Å²) in [6, 6.07) is 8.23. The highest BCUT2D eigenvalue weighted by Crippen LogP contribution is 2.28. The van der Waals surface area contributed by atoms with E-state index in [1.54, 1.807) is 17.4 Å². The first-order chi connectivity index (χ1) is 11.5. The Morgan fingerprint density at radius 3 is 2.75 bits per heavy atom. The molecule has 0 aliphatic heterocycles. The van der Waals surface area contributed by atoms with Crippen molar-refractivity contribution < 1.29 is 17.9 Å². The number of ether oxygens (including phenoxy) is 1. The first-order valence-corrected chi connectivity index (χ1v) is 9.87. The predicted molar refractivity (Wildman–Crippen MR) is 91.8 cm³/mol. The van der Waals surface area contributed by atoms with Crippen molar-refractivity contribution in [2.45, 2.75) is 30.3 Å². The van der Waals surface area contributed by atoms with Crippen molar-refractivity contribution in [1.82, 2.24) is 10.0 Å². The van der Waals surface area contributed by atoms with Gasteiger partial charge in [-0.25, -0.2) is 13.1 Å². The number of methoxy groups -OCH3 is 1. The Bertz CT molecular complexity index is 828. The van der Waals surface area contributed by atoms with Gasteiger partial charge in [0.1, 0.15) is 10.6 Å². The van der Waals surface area contributed by atoms with Crippen molar-refractivity contribution in [3.05, 3.63) is 46.2 Å². The van der Waals surface area contributed by atoms with Gasteiger partial charge < -0.3 is 10.1 Å². The lowest BCUT2D eigenvalue weighted by atomic mass is 10.2. The van der Waals surface area contributed by atoms with E-state index < -0.39 is 10.0 Å². The van der Waals surface area contributed by atoms with Crippen LogP contribution in [0.5, 0.6) is 5.75 Å². The molecule has 128 valence electrons. The molecule has 1 aliphatic rings. The second-order valence-electron chi connectivity index (χ2n) is 5.52. The number of carbonyl (C=O) groups is 1. The van der Waals surface area contributed by atoms with Gasteiger partial charge in [0.2, 0.25) is 10.0 Å². The van der Waals surface area contributed by atoms with E-state index in [4.69, 9.17) is 4.74 Å². The zero-order valence-electron chi connectivity index (χ0n) is 13.1. The van der Waals surface area contributed by atoms with Crippen LogP contribution in [0.25, 0.3) is 0 Å². The fraction of sp³-hybridized carbons (Fsp3) is 0.312. The first kappa shape index (κ1) is 16.9.